The summed E-state index contributed by atoms with van der Waals surface area (Å²) in [6, 6.07) is 29.9. The second kappa shape index (κ2) is 10.3. The van der Waals surface area contributed by atoms with Gasteiger partial charge in [-0.05, 0) is 48.1 Å². The van der Waals surface area contributed by atoms with Crippen LogP contribution in [-0.4, -0.2) is 20.5 Å². The van der Waals surface area contributed by atoms with E-state index in [4.69, 9.17) is 0 Å². The SMILES string of the molecule is CCc1ccc(-n2c(Cc3ccccc3)nnc2SCCCc2ccccc2)cc1. The van der Waals surface area contributed by atoms with Crippen LogP contribution in [-0.2, 0) is 19.3 Å². The molecule has 0 spiro atoms. The van der Waals surface area contributed by atoms with Gasteiger partial charge in [-0.25, -0.2) is 0 Å². The Morgan fingerprint density at radius 3 is 2.07 bits per heavy atom. The Balaban J connectivity index is 1.52. The van der Waals surface area contributed by atoms with Crippen molar-refractivity contribution in [3.63, 3.8) is 0 Å². The van der Waals surface area contributed by atoms with Crippen molar-refractivity contribution in [1.29, 1.82) is 0 Å². The van der Waals surface area contributed by atoms with Crippen molar-refractivity contribution in [2.24, 2.45) is 0 Å². The molecule has 0 fully saturated rings. The molecule has 4 aromatic rings. The first-order chi connectivity index (χ1) is 14.8. The number of thioether (sulfide) groups is 1. The molecule has 30 heavy (non-hydrogen) atoms. The second-order valence-electron chi connectivity index (χ2n) is 7.35. The van der Waals surface area contributed by atoms with Gasteiger partial charge in [0.1, 0.15) is 5.82 Å². The Kier molecular flexibility index (Phi) is 6.99. The molecule has 3 aromatic carbocycles. The van der Waals surface area contributed by atoms with Gasteiger partial charge in [0.05, 0.1) is 0 Å². The van der Waals surface area contributed by atoms with Crippen molar-refractivity contribution in [3.8, 4) is 5.69 Å². The van der Waals surface area contributed by atoms with Crippen LogP contribution in [0.3, 0.4) is 0 Å². The predicted molar refractivity (Wildman–Crippen MR) is 125 cm³/mol. The molecule has 152 valence electrons. The summed E-state index contributed by atoms with van der Waals surface area (Å²) in [5.74, 6) is 2.00. The van der Waals surface area contributed by atoms with Gasteiger partial charge in [-0.3, -0.25) is 4.57 Å². The molecule has 4 heteroatoms. The monoisotopic (exact) mass is 413 g/mol. The average Bonchev–Trinajstić information content (AvgIpc) is 3.20. The lowest BCUT2D eigenvalue weighted by Crippen LogP contribution is -2.04. The highest BCUT2D eigenvalue weighted by Gasteiger charge is 2.15. The molecule has 0 aliphatic heterocycles. The van der Waals surface area contributed by atoms with Gasteiger partial charge in [-0.15, -0.1) is 10.2 Å². The summed E-state index contributed by atoms with van der Waals surface area (Å²) in [6.45, 7) is 2.18. The summed E-state index contributed by atoms with van der Waals surface area (Å²) in [6.07, 6.45) is 4.02. The Morgan fingerprint density at radius 2 is 1.40 bits per heavy atom. The first-order valence-electron chi connectivity index (χ1n) is 10.6. The molecule has 3 nitrogen and oxygen atoms in total. The summed E-state index contributed by atoms with van der Waals surface area (Å²) in [7, 11) is 0. The van der Waals surface area contributed by atoms with Crippen LogP contribution < -0.4 is 0 Å². The third-order valence-electron chi connectivity index (χ3n) is 5.19. The Hall–Kier alpha value is -2.85. The normalized spacial score (nSPS) is 11.0. The van der Waals surface area contributed by atoms with Crippen molar-refractivity contribution in [3.05, 3.63) is 107 Å². The Bertz CT molecular complexity index is 1040. The smallest absolute Gasteiger partial charge is 0.195 e. The number of aromatic nitrogens is 3. The molecule has 0 saturated heterocycles. The van der Waals surface area contributed by atoms with Crippen molar-refractivity contribution in [1.82, 2.24) is 14.8 Å². The van der Waals surface area contributed by atoms with E-state index in [1.807, 2.05) is 6.07 Å². The van der Waals surface area contributed by atoms with E-state index in [-0.39, 0.29) is 0 Å². The predicted octanol–water partition coefficient (Wildman–Crippen LogP) is 6.15. The maximum absolute atomic E-state index is 4.56. The standard InChI is InChI=1S/C26H27N3S/c1-2-21-15-17-24(18-16-21)29-25(20-23-12-7-4-8-13-23)27-28-26(29)30-19-9-14-22-10-5-3-6-11-22/h3-8,10-13,15-18H,2,9,14,19-20H2,1H3. The fraction of sp³-hybridized carbons (Fsp3) is 0.231. The molecule has 1 aromatic heterocycles. The van der Waals surface area contributed by atoms with Crippen molar-refractivity contribution in [2.45, 2.75) is 37.8 Å². The van der Waals surface area contributed by atoms with Crippen LogP contribution in [0.25, 0.3) is 5.69 Å². The van der Waals surface area contributed by atoms with Crippen LogP contribution in [0, 0.1) is 0 Å². The zero-order chi connectivity index (χ0) is 20.6. The summed E-state index contributed by atoms with van der Waals surface area (Å²) in [5, 5.41) is 10.1. The average molecular weight is 414 g/mol. The summed E-state index contributed by atoms with van der Waals surface area (Å²) < 4.78 is 2.22. The van der Waals surface area contributed by atoms with Gasteiger partial charge in [-0.2, -0.15) is 0 Å². The van der Waals surface area contributed by atoms with Crippen molar-refractivity contribution >= 4 is 11.8 Å². The molecule has 1 heterocycles. The van der Waals surface area contributed by atoms with Gasteiger partial charge in [0, 0.05) is 17.9 Å². The lowest BCUT2D eigenvalue weighted by Gasteiger charge is -2.11. The number of aryl methyl sites for hydroxylation is 2. The van der Waals surface area contributed by atoms with Gasteiger partial charge in [-0.1, -0.05) is 91.5 Å². The Morgan fingerprint density at radius 1 is 0.733 bits per heavy atom. The first kappa shape index (κ1) is 20.4. The van der Waals surface area contributed by atoms with Crippen LogP contribution >= 0.6 is 11.8 Å². The van der Waals surface area contributed by atoms with Gasteiger partial charge >= 0.3 is 0 Å². The van der Waals surface area contributed by atoms with Gasteiger partial charge in [0.15, 0.2) is 5.16 Å². The van der Waals surface area contributed by atoms with E-state index in [9.17, 15) is 0 Å². The quantitative estimate of drug-likeness (QED) is 0.244. The third kappa shape index (κ3) is 5.19. The molecule has 0 aliphatic rings. The lowest BCUT2D eigenvalue weighted by atomic mass is 10.1. The van der Waals surface area contributed by atoms with E-state index in [1.165, 1.54) is 16.7 Å². The number of hydrogen-bond acceptors (Lipinski definition) is 3. The molecule has 0 radical (unpaired) electrons. The van der Waals surface area contributed by atoms with Crippen LogP contribution in [0.15, 0.2) is 90.1 Å². The van der Waals surface area contributed by atoms with E-state index in [1.54, 1.807) is 11.8 Å². The fourth-order valence-corrected chi connectivity index (χ4v) is 4.42. The maximum atomic E-state index is 4.56. The van der Waals surface area contributed by atoms with Crippen LogP contribution in [0.4, 0.5) is 0 Å². The zero-order valence-corrected chi connectivity index (χ0v) is 18.2. The van der Waals surface area contributed by atoms with E-state index >= 15 is 0 Å². The van der Waals surface area contributed by atoms with Gasteiger partial charge in [0.25, 0.3) is 0 Å². The maximum Gasteiger partial charge on any atom is 0.195 e. The highest BCUT2D eigenvalue weighted by molar-refractivity contribution is 7.99. The molecule has 0 amide bonds. The van der Waals surface area contributed by atoms with Gasteiger partial charge in [0.2, 0.25) is 0 Å². The fourth-order valence-electron chi connectivity index (χ4n) is 3.51. The summed E-state index contributed by atoms with van der Waals surface area (Å²) in [5.41, 5.74) is 5.11. The largest absolute Gasteiger partial charge is 0.274 e. The first-order valence-corrected chi connectivity index (χ1v) is 11.6. The van der Waals surface area contributed by atoms with Crippen LogP contribution in [0.1, 0.15) is 35.9 Å². The van der Waals surface area contributed by atoms with E-state index in [0.29, 0.717) is 0 Å². The van der Waals surface area contributed by atoms with E-state index < -0.39 is 0 Å². The minimum absolute atomic E-state index is 0.772. The summed E-state index contributed by atoms with van der Waals surface area (Å²) >= 11 is 1.79. The molecule has 0 N–H and O–H groups in total. The molecular formula is C26H27N3S. The highest BCUT2D eigenvalue weighted by Crippen LogP contribution is 2.25. The van der Waals surface area contributed by atoms with Crippen molar-refractivity contribution in [2.75, 3.05) is 5.75 Å². The molecule has 4 rings (SSSR count). The molecule has 0 atom stereocenters. The van der Waals surface area contributed by atoms with Gasteiger partial charge < -0.3 is 0 Å². The minimum Gasteiger partial charge on any atom is -0.274 e. The van der Waals surface area contributed by atoms with Crippen molar-refractivity contribution < 1.29 is 0 Å². The van der Waals surface area contributed by atoms with Crippen LogP contribution in [0.5, 0.6) is 0 Å². The third-order valence-corrected chi connectivity index (χ3v) is 6.21. The zero-order valence-electron chi connectivity index (χ0n) is 17.4. The summed E-state index contributed by atoms with van der Waals surface area (Å²) in [4.78, 5) is 0. The molecule has 0 unspecified atom stereocenters. The lowest BCUT2D eigenvalue weighted by molar-refractivity contribution is 0.842. The molecular weight excluding hydrogens is 386 g/mol. The number of nitrogens with zero attached hydrogens (tertiary/aromatic N) is 3. The number of hydrogen-bond donors (Lipinski definition) is 0. The number of benzene rings is 3. The highest BCUT2D eigenvalue weighted by atomic mass is 32.2. The van der Waals surface area contributed by atoms with E-state index in [2.05, 4.69) is 101 Å². The molecule has 0 saturated carbocycles. The minimum atomic E-state index is 0.772. The molecule has 0 aliphatic carbocycles. The topological polar surface area (TPSA) is 30.7 Å². The van der Waals surface area contributed by atoms with Crippen LogP contribution in [0.2, 0.25) is 0 Å². The Labute approximate surface area is 183 Å². The van der Waals surface area contributed by atoms with E-state index in [0.717, 1.165) is 48.1 Å². The number of rotatable bonds is 9. The molecule has 0 bridgehead atoms. The second-order valence-corrected chi connectivity index (χ2v) is 8.42.